The molecule has 0 fully saturated rings. The largest absolute Gasteiger partial charge is 0.326 e. The summed E-state index contributed by atoms with van der Waals surface area (Å²) in [5, 5.41) is 0. The molecule has 0 aliphatic heterocycles. The van der Waals surface area contributed by atoms with E-state index in [-0.39, 0.29) is 11.4 Å². The van der Waals surface area contributed by atoms with Crippen LogP contribution in [0.25, 0.3) is 11.0 Å². The number of anilines is 1. The van der Waals surface area contributed by atoms with Gasteiger partial charge in [-0.15, -0.1) is 0 Å². The predicted molar refractivity (Wildman–Crippen MR) is 91.0 cm³/mol. The summed E-state index contributed by atoms with van der Waals surface area (Å²) in [6.07, 6.45) is 0. The number of hydrogen-bond donors (Lipinski definition) is 2. The molecule has 1 heterocycles. The SMILES string of the molecule is Cc1ccccc1CS(=O)(=O)Nc1ccc2c(c1)[nH]c(=O)n2C. The summed E-state index contributed by atoms with van der Waals surface area (Å²) in [5.74, 6) is -0.0942. The molecule has 0 saturated heterocycles. The van der Waals surface area contributed by atoms with Gasteiger partial charge in [-0.1, -0.05) is 24.3 Å². The molecule has 23 heavy (non-hydrogen) atoms. The molecular weight excluding hydrogens is 314 g/mol. The van der Waals surface area contributed by atoms with E-state index >= 15 is 0 Å². The molecule has 120 valence electrons. The van der Waals surface area contributed by atoms with Crippen molar-refractivity contribution in [3.8, 4) is 0 Å². The highest BCUT2D eigenvalue weighted by atomic mass is 32.2. The fraction of sp³-hybridized carbons (Fsp3) is 0.188. The summed E-state index contributed by atoms with van der Waals surface area (Å²) in [7, 11) is -1.88. The van der Waals surface area contributed by atoms with E-state index in [1.807, 2.05) is 25.1 Å². The number of imidazole rings is 1. The quantitative estimate of drug-likeness (QED) is 0.768. The van der Waals surface area contributed by atoms with Crippen molar-refractivity contribution in [3.05, 3.63) is 64.1 Å². The summed E-state index contributed by atoms with van der Waals surface area (Å²) >= 11 is 0. The van der Waals surface area contributed by atoms with Crippen molar-refractivity contribution in [1.29, 1.82) is 0 Å². The molecule has 2 N–H and O–H groups in total. The molecule has 2 aromatic carbocycles. The van der Waals surface area contributed by atoms with Gasteiger partial charge in [0.05, 0.1) is 22.5 Å². The smallest absolute Gasteiger partial charge is 0.305 e. The standard InChI is InChI=1S/C16H17N3O3S/c1-11-5-3-4-6-12(11)10-23(21,22)18-13-7-8-15-14(9-13)17-16(20)19(15)2/h3-9,18H,10H2,1-2H3,(H,17,20). The Bertz CT molecular complexity index is 1030. The van der Waals surface area contributed by atoms with Gasteiger partial charge < -0.3 is 4.98 Å². The van der Waals surface area contributed by atoms with Crippen LogP contribution in [0.5, 0.6) is 0 Å². The number of benzene rings is 2. The lowest BCUT2D eigenvalue weighted by atomic mass is 10.1. The van der Waals surface area contributed by atoms with Gasteiger partial charge in [0.1, 0.15) is 0 Å². The second-order valence-corrected chi connectivity index (χ2v) is 7.23. The van der Waals surface area contributed by atoms with Crippen molar-refractivity contribution in [2.75, 3.05) is 4.72 Å². The summed E-state index contributed by atoms with van der Waals surface area (Å²) in [6.45, 7) is 1.88. The third-order valence-corrected chi connectivity index (χ3v) is 5.02. The highest BCUT2D eigenvalue weighted by Gasteiger charge is 2.14. The second-order valence-electron chi connectivity index (χ2n) is 5.51. The maximum atomic E-state index is 12.3. The lowest BCUT2D eigenvalue weighted by Gasteiger charge is -2.10. The maximum absolute atomic E-state index is 12.3. The highest BCUT2D eigenvalue weighted by molar-refractivity contribution is 7.91. The van der Waals surface area contributed by atoms with E-state index in [2.05, 4.69) is 9.71 Å². The van der Waals surface area contributed by atoms with Crippen LogP contribution in [-0.4, -0.2) is 18.0 Å². The van der Waals surface area contributed by atoms with Crippen molar-refractivity contribution < 1.29 is 8.42 Å². The zero-order valence-electron chi connectivity index (χ0n) is 12.8. The van der Waals surface area contributed by atoms with E-state index < -0.39 is 10.0 Å². The monoisotopic (exact) mass is 331 g/mol. The molecule has 0 atom stereocenters. The Balaban J connectivity index is 1.88. The lowest BCUT2D eigenvalue weighted by molar-refractivity contribution is 0.600. The number of aromatic amines is 1. The number of nitrogens with one attached hydrogen (secondary N) is 2. The summed E-state index contributed by atoms with van der Waals surface area (Å²) in [5.41, 5.74) is 3.19. The Labute approximate surface area is 133 Å². The molecule has 3 aromatic rings. The third kappa shape index (κ3) is 3.14. The number of rotatable bonds is 4. The number of fused-ring (bicyclic) bond motifs is 1. The van der Waals surface area contributed by atoms with Crippen molar-refractivity contribution in [3.63, 3.8) is 0 Å². The van der Waals surface area contributed by atoms with Gasteiger partial charge in [0.15, 0.2) is 0 Å². The van der Waals surface area contributed by atoms with Gasteiger partial charge in [-0.3, -0.25) is 9.29 Å². The molecule has 0 aliphatic carbocycles. The Morgan fingerprint density at radius 2 is 1.91 bits per heavy atom. The van der Waals surface area contributed by atoms with Gasteiger partial charge >= 0.3 is 5.69 Å². The molecule has 0 bridgehead atoms. The van der Waals surface area contributed by atoms with E-state index in [4.69, 9.17) is 0 Å². The Morgan fingerprint density at radius 1 is 1.17 bits per heavy atom. The molecule has 0 amide bonds. The van der Waals surface area contributed by atoms with Crippen molar-refractivity contribution >= 4 is 26.7 Å². The number of aromatic nitrogens is 2. The molecule has 0 unspecified atom stereocenters. The summed E-state index contributed by atoms with van der Waals surface area (Å²) < 4.78 is 28.7. The minimum absolute atomic E-state index is 0.0942. The van der Waals surface area contributed by atoms with E-state index in [0.717, 1.165) is 16.6 Å². The molecular formula is C16H17N3O3S. The Kier molecular flexibility index (Phi) is 3.73. The van der Waals surface area contributed by atoms with Crippen molar-refractivity contribution in [1.82, 2.24) is 9.55 Å². The predicted octanol–water partition coefficient (Wildman–Crippen LogP) is 2.12. The number of sulfonamides is 1. The van der Waals surface area contributed by atoms with Crippen LogP contribution in [0.15, 0.2) is 47.3 Å². The van der Waals surface area contributed by atoms with E-state index in [9.17, 15) is 13.2 Å². The van der Waals surface area contributed by atoms with Crippen LogP contribution in [0.3, 0.4) is 0 Å². The van der Waals surface area contributed by atoms with Crippen molar-refractivity contribution in [2.24, 2.45) is 7.05 Å². The van der Waals surface area contributed by atoms with Crippen LogP contribution in [-0.2, 0) is 22.8 Å². The lowest BCUT2D eigenvalue weighted by Crippen LogP contribution is -2.15. The molecule has 7 heteroatoms. The fourth-order valence-electron chi connectivity index (χ4n) is 2.49. The van der Waals surface area contributed by atoms with Crippen molar-refractivity contribution in [2.45, 2.75) is 12.7 Å². The number of H-pyrrole nitrogens is 1. The van der Waals surface area contributed by atoms with E-state index in [0.29, 0.717) is 11.2 Å². The normalized spacial score (nSPS) is 11.7. The zero-order chi connectivity index (χ0) is 16.6. The minimum Gasteiger partial charge on any atom is -0.305 e. The van der Waals surface area contributed by atoms with Crippen LogP contribution in [0, 0.1) is 6.92 Å². The first-order valence-corrected chi connectivity index (χ1v) is 8.75. The summed E-state index contributed by atoms with van der Waals surface area (Å²) in [6, 6.07) is 12.3. The molecule has 0 saturated carbocycles. The fourth-order valence-corrected chi connectivity index (χ4v) is 3.78. The molecule has 1 aromatic heterocycles. The van der Waals surface area contributed by atoms with Gasteiger partial charge in [-0.2, -0.15) is 0 Å². The number of hydrogen-bond acceptors (Lipinski definition) is 3. The first-order valence-electron chi connectivity index (χ1n) is 7.09. The Morgan fingerprint density at radius 3 is 2.65 bits per heavy atom. The Hall–Kier alpha value is -2.54. The van der Waals surface area contributed by atoms with Crippen LogP contribution in [0.4, 0.5) is 5.69 Å². The number of nitrogens with zero attached hydrogens (tertiary/aromatic N) is 1. The van der Waals surface area contributed by atoms with Crippen LogP contribution >= 0.6 is 0 Å². The van der Waals surface area contributed by atoms with Crippen LogP contribution in [0.1, 0.15) is 11.1 Å². The highest BCUT2D eigenvalue weighted by Crippen LogP contribution is 2.19. The van der Waals surface area contributed by atoms with Crippen LogP contribution < -0.4 is 10.4 Å². The zero-order valence-corrected chi connectivity index (χ0v) is 13.6. The first kappa shape index (κ1) is 15.4. The van der Waals surface area contributed by atoms with E-state index in [1.54, 1.807) is 31.3 Å². The number of aryl methyl sites for hydroxylation is 2. The average molecular weight is 331 g/mol. The van der Waals surface area contributed by atoms with Gasteiger partial charge in [0, 0.05) is 7.05 Å². The topological polar surface area (TPSA) is 84.0 Å². The summed E-state index contributed by atoms with van der Waals surface area (Å²) in [4.78, 5) is 14.3. The van der Waals surface area contributed by atoms with Crippen LogP contribution in [0.2, 0.25) is 0 Å². The van der Waals surface area contributed by atoms with Gasteiger partial charge in [-0.05, 0) is 36.2 Å². The molecule has 3 rings (SSSR count). The first-order chi connectivity index (χ1) is 10.9. The molecule has 0 spiro atoms. The average Bonchev–Trinajstić information content (AvgIpc) is 2.75. The maximum Gasteiger partial charge on any atom is 0.326 e. The molecule has 0 radical (unpaired) electrons. The van der Waals surface area contributed by atoms with Gasteiger partial charge in [-0.25, -0.2) is 13.2 Å². The van der Waals surface area contributed by atoms with E-state index in [1.165, 1.54) is 4.57 Å². The van der Waals surface area contributed by atoms with Gasteiger partial charge in [0.25, 0.3) is 0 Å². The minimum atomic E-state index is -3.53. The molecule has 0 aliphatic rings. The van der Waals surface area contributed by atoms with Gasteiger partial charge in [0.2, 0.25) is 10.0 Å². The second kappa shape index (κ2) is 5.58. The molecule has 6 nitrogen and oxygen atoms in total. The third-order valence-electron chi connectivity index (χ3n) is 3.78.